The first kappa shape index (κ1) is 72.0. The van der Waals surface area contributed by atoms with Crippen LogP contribution in [0.5, 0.6) is 0 Å². The fourth-order valence-electron chi connectivity index (χ4n) is 9.56. The predicted molar refractivity (Wildman–Crippen MR) is 318 cm³/mol. The van der Waals surface area contributed by atoms with Gasteiger partial charge in [0.05, 0.1) is 32.0 Å². The van der Waals surface area contributed by atoms with E-state index in [-0.39, 0.29) is 18.9 Å². The molecule has 2 aliphatic heterocycles. The van der Waals surface area contributed by atoms with Gasteiger partial charge in [0.2, 0.25) is 5.91 Å². The monoisotopic (exact) mass is 1110 g/mol. The number of amides is 1. The van der Waals surface area contributed by atoms with Crippen LogP contribution in [-0.2, 0) is 23.7 Å². The first-order valence-electron chi connectivity index (χ1n) is 31.0. The summed E-state index contributed by atoms with van der Waals surface area (Å²) in [6.07, 6.45) is 51.7. The molecule has 0 aromatic heterocycles. The van der Waals surface area contributed by atoms with E-state index in [1.807, 2.05) is 6.08 Å². The molecule has 2 rings (SSSR count). The smallest absolute Gasteiger partial charge is 0.220 e. The Labute approximate surface area is 477 Å². The van der Waals surface area contributed by atoms with E-state index >= 15 is 0 Å². The van der Waals surface area contributed by atoms with Crippen molar-refractivity contribution in [1.82, 2.24) is 5.32 Å². The lowest BCUT2D eigenvalue weighted by Crippen LogP contribution is -2.65. The molecule has 0 bridgehead atoms. The molecule has 14 heteroatoms. The van der Waals surface area contributed by atoms with Crippen LogP contribution in [0.1, 0.15) is 213 Å². The maximum Gasteiger partial charge on any atom is 0.220 e. The number of nitrogens with one attached hydrogen (secondary N) is 1. The van der Waals surface area contributed by atoms with E-state index in [1.165, 1.54) is 96.3 Å². The van der Waals surface area contributed by atoms with Crippen molar-refractivity contribution in [2.24, 2.45) is 0 Å². The lowest BCUT2D eigenvalue weighted by atomic mass is 9.97. The molecule has 2 saturated heterocycles. The number of rotatable bonds is 48. The maximum atomic E-state index is 13.2. The summed E-state index contributed by atoms with van der Waals surface area (Å²) in [6, 6.07) is -0.921. The Kier molecular flexibility index (Phi) is 45.1. The molecule has 12 unspecified atom stereocenters. The number of aliphatic hydroxyl groups is 8. The SMILES string of the molecule is CC/C=C\C/C=C\C/C=C\C/C=C\C/C=C\C/C=C\C/C=C\CCCCCCCCCCCCCC(=O)NC(COC1OC(CO)C(OC2OC(CO)C(O)C(O)C2O)C(O)C1O)C(O)/C=C/CCCCCCCCCCCC. The van der Waals surface area contributed by atoms with Gasteiger partial charge >= 0.3 is 0 Å². The molecule has 454 valence electrons. The number of hydrogen-bond donors (Lipinski definition) is 9. The third-order valence-corrected chi connectivity index (χ3v) is 14.5. The van der Waals surface area contributed by atoms with Crippen molar-refractivity contribution in [1.29, 1.82) is 0 Å². The molecule has 0 saturated carbocycles. The average Bonchev–Trinajstić information content (AvgIpc) is 3.49. The zero-order valence-electron chi connectivity index (χ0n) is 48.8. The summed E-state index contributed by atoms with van der Waals surface area (Å²) in [6.45, 7) is 2.66. The van der Waals surface area contributed by atoms with E-state index in [9.17, 15) is 45.6 Å². The summed E-state index contributed by atoms with van der Waals surface area (Å²) in [4.78, 5) is 13.2. The molecule has 0 aromatic rings. The zero-order valence-corrected chi connectivity index (χ0v) is 48.8. The summed E-state index contributed by atoms with van der Waals surface area (Å²) < 4.78 is 22.7. The summed E-state index contributed by atoms with van der Waals surface area (Å²) >= 11 is 0. The summed E-state index contributed by atoms with van der Waals surface area (Å²) in [5, 5.41) is 87.0. The molecule has 12 atom stereocenters. The summed E-state index contributed by atoms with van der Waals surface area (Å²) in [7, 11) is 0. The second-order valence-corrected chi connectivity index (χ2v) is 21.5. The van der Waals surface area contributed by atoms with Crippen molar-refractivity contribution in [2.75, 3.05) is 19.8 Å². The molecule has 0 radical (unpaired) electrons. The average molecular weight is 1110 g/mol. The zero-order chi connectivity index (χ0) is 57.4. The minimum absolute atomic E-state index is 0.248. The fraction of sp³-hybridized carbons (Fsp3) is 0.738. The molecular weight excluding hydrogens is 1000 g/mol. The molecule has 79 heavy (non-hydrogen) atoms. The Morgan fingerprint density at radius 2 is 0.873 bits per heavy atom. The normalized spacial score (nSPS) is 25.1. The number of allylic oxidation sites excluding steroid dienone is 15. The standard InChI is InChI=1S/C65H111NO13/c1-3-5-7-9-11-13-15-17-18-19-20-21-22-23-24-25-26-27-28-29-30-31-32-33-34-35-36-37-39-41-43-45-47-49-57(70)66-53(54(69)48-46-44-42-40-38-16-14-12-10-8-6-4-2)52-76-64-62(75)60(73)63(56(51-68)78-64)79-65-61(74)59(72)58(71)55(50-67)77-65/h5,7,11,13,17-18,20-21,23-24,26-27,29-30,46,48,53-56,58-65,67-69,71-75H,3-4,6,8-10,12,14-16,19,22,25,28,31-45,47,49-52H2,1-2H3,(H,66,70)/b7-5-,13-11-,18-17-,21-20-,24-23-,27-26-,30-29-,48-46+. The third-order valence-electron chi connectivity index (χ3n) is 14.5. The number of unbranched alkanes of at least 4 members (excludes halogenated alkanes) is 21. The lowest BCUT2D eigenvalue weighted by Gasteiger charge is -2.46. The van der Waals surface area contributed by atoms with Crippen molar-refractivity contribution in [3.8, 4) is 0 Å². The van der Waals surface area contributed by atoms with E-state index in [0.29, 0.717) is 6.42 Å². The van der Waals surface area contributed by atoms with E-state index < -0.39 is 86.8 Å². The Hall–Kier alpha value is -3.09. The fourth-order valence-corrected chi connectivity index (χ4v) is 9.56. The van der Waals surface area contributed by atoms with Crippen LogP contribution in [0.3, 0.4) is 0 Å². The van der Waals surface area contributed by atoms with E-state index in [2.05, 4.69) is 104 Å². The predicted octanol–water partition coefficient (Wildman–Crippen LogP) is 11.1. The van der Waals surface area contributed by atoms with Crippen molar-refractivity contribution in [3.05, 3.63) is 97.2 Å². The van der Waals surface area contributed by atoms with Gasteiger partial charge in [0.1, 0.15) is 48.8 Å². The molecule has 0 aromatic carbocycles. The van der Waals surface area contributed by atoms with E-state index in [4.69, 9.17) is 18.9 Å². The number of ether oxygens (including phenoxy) is 4. The van der Waals surface area contributed by atoms with Gasteiger partial charge in [-0.1, -0.05) is 227 Å². The molecule has 2 fully saturated rings. The largest absolute Gasteiger partial charge is 0.394 e. The van der Waals surface area contributed by atoms with Crippen LogP contribution in [0.25, 0.3) is 0 Å². The minimum atomic E-state index is -1.79. The molecular formula is C65H111NO13. The van der Waals surface area contributed by atoms with Gasteiger partial charge in [-0.25, -0.2) is 0 Å². The molecule has 2 heterocycles. The molecule has 0 spiro atoms. The minimum Gasteiger partial charge on any atom is -0.394 e. The Bertz CT molecular complexity index is 1690. The van der Waals surface area contributed by atoms with Gasteiger partial charge in [0.25, 0.3) is 0 Å². The highest BCUT2D eigenvalue weighted by molar-refractivity contribution is 5.76. The first-order chi connectivity index (χ1) is 38.6. The number of carbonyl (C=O) groups is 1. The van der Waals surface area contributed by atoms with Gasteiger partial charge in [-0.2, -0.15) is 0 Å². The van der Waals surface area contributed by atoms with Gasteiger partial charge in [0.15, 0.2) is 12.6 Å². The molecule has 2 aliphatic rings. The van der Waals surface area contributed by atoms with Crippen molar-refractivity contribution in [3.63, 3.8) is 0 Å². The van der Waals surface area contributed by atoms with Gasteiger partial charge in [-0.15, -0.1) is 0 Å². The third kappa shape index (κ3) is 34.8. The van der Waals surface area contributed by atoms with E-state index in [1.54, 1.807) is 6.08 Å². The highest BCUT2D eigenvalue weighted by atomic mass is 16.7. The number of hydrogen-bond acceptors (Lipinski definition) is 13. The Morgan fingerprint density at radius 1 is 0.468 bits per heavy atom. The van der Waals surface area contributed by atoms with Gasteiger partial charge < -0.3 is 65.1 Å². The quantitative estimate of drug-likeness (QED) is 0.0204. The molecule has 0 aliphatic carbocycles. The van der Waals surface area contributed by atoms with Gasteiger partial charge in [-0.3, -0.25) is 4.79 Å². The van der Waals surface area contributed by atoms with Crippen molar-refractivity contribution >= 4 is 5.91 Å². The van der Waals surface area contributed by atoms with Crippen LogP contribution < -0.4 is 5.32 Å². The van der Waals surface area contributed by atoms with Crippen LogP contribution in [-0.4, -0.2) is 140 Å². The highest BCUT2D eigenvalue weighted by Crippen LogP contribution is 2.30. The van der Waals surface area contributed by atoms with Gasteiger partial charge in [-0.05, 0) is 77.0 Å². The summed E-state index contributed by atoms with van der Waals surface area (Å²) in [5.41, 5.74) is 0. The summed E-state index contributed by atoms with van der Waals surface area (Å²) in [5.74, 6) is -0.248. The van der Waals surface area contributed by atoms with Crippen molar-refractivity contribution < 1.29 is 64.6 Å². The Balaban J connectivity index is 1.66. The van der Waals surface area contributed by atoms with E-state index in [0.717, 1.165) is 89.9 Å². The molecule has 1 amide bonds. The second-order valence-electron chi connectivity index (χ2n) is 21.5. The topological polar surface area (TPSA) is 228 Å². The Morgan fingerprint density at radius 3 is 1.34 bits per heavy atom. The molecule has 9 N–H and O–H groups in total. The number of aliphatic hydroxyl groups excluding tert-OH is 8. The van der Waals surface area contributed by atoms with Crippen LogP contribution in [0.2, 0.25) is 0 Å². The van der Waals surface area contributed by atoms with Crippen molar-refractivity contribution in [2.45, 2.75) is 286 Å². The second kappa shape index (κ2) is 49.5. The number of carbonyl (C=O) groups excluding carboxylic acids is 1. The van der Waals surface area contributed by atoms with Crippen LogP contribution in [0.15, 0.2) is 97.2 Å². The lowest BCUT2D eigenvalue weighted by molar-refractivity contribution is -0.359. The molecule has 14 nitrogen and oxygen atoms in total. The maximum absolute atomic E-state index is 13.2. The van der Waals surface area contributed by atoms with Crippen LogP contribution in [0, 0.1) is 0 Å². The van der Waals surface area contributed by atoms with Crippen LogP contribution >= 0.6 is 0 Å². The van der Waals surface area contributed by atoms with Crippen LogP contribution in [0.4, 0.5) is 0 Å². The first-order valence-corrected chi connectivity index (χ1v) is 31.0. The van der Waals surface area contributed by atoms with Gasteiger partial charge in [0, 0.05) is 6.42 Å². The highest BCUT2D eigenvalue weighted by Gasteiger charge is 2.51.